The molecule has 0 aliphatic heterocycles. The van der Waals surface area contributed by atoms with Crippen molar-refractivity contribution in [1.82, 2.24) is 10.6 Å². The van der Waals surface area contributed by atoms with Gasteiger partial charge in [0.15, 0.2) is 0 Å². The van der Waals surface area contributed by atoms with Gasteiger partial charge in [0, 0.05) is 6.04 Å². The van der Waals surface area contributed by atoms with Crippen molar-refractivity contribution in [3.63, 3.8) is 0 Å². The van der Waals surface area contributed by atoms with Gasteiger partial charge in [0.2, 0.25) is 0 Å². The molecule has 0 radical (unpaired) electrons. The van der Waals surface area contributed by atoms with Crippen molar-refractivity contribution in [2.75, 3.05) is 0 Å². The molecule has 0 aromatic heterocycles. The molecule has 13 heavy (non-hydrogen) atoms. The van der Waals surface area contributed by atoms with Crippen molar-refractivity contribution in [3.8, 4) is 0 Å². The highest BCUT2D eigenvalue weighted by Gasteiger charge is 2.13. The zero-order chi connectivity index (χ0) is 9.52. The second kappa shape index (κ2) is 5.62. The first-order valence-electron chi connectivity index (χ1n) is 5.01. The van der Waals surface area contributed by atoms with Gasteiger partial charge in [0.1, 0.15) is 0 Å². The van der Waals surface area contributed by atoms with Crippen molar-refractivity contribution in [1.29, 1.82) is 0 Å². The highest BCUT2D eigenvalue weighted by molar-refractivity contribution is 5.75. The van der Waals surface area contributed by atoms with Gasteiger partial charge in [-0.2, -0.15) is 0 Å². The number of nitrogens with one attached hydrogen (secondary N) is 2. The number of hydrogen-bond acceptors (Lipinski definition) is 1. The van der Waals surface area contributed by atoms with E-state index in [9.17, 15) is 4.79 Å². The summed E-state index contributed by atoms with van der Waals surface area (Å²) in [5, 5.41) is 5.47. The molecule has 1 aliphatic carbocycles. The maximum Gasteiger partial charge on any atom is 0.318 e. The van der Waals surface area contributed by atoms with Gasteiger partial charge >= 0.3 is 6.03 Å². The largest absolute Gasteiger partial charge is 0.335 e. The third kappa shape index (κ3) is 3.97. The molecular weight excluding hydrogens is 164 g/mol. The Labute approximate surface area is 79.6 Å². The topological polar surface area (TPSA) is 41.1 Å². The lowest BCUT2D eigenvalue weighted by Gasteiger charge is -2.15. The third-order valence-corrected chi connectivity index (χ3v) is 2.42. The summed E-state index contributed by atoms with van der Waals surface area (Å²) in [6, 6.07) is 0.240. The maximum atomic E-state index is 11.1. The molecule has 0 bridgehead atoms. The Balaban J connectivity index is 2.25. The average molecular weight is 182 g/mol. The predicted molar refractivity (Wildman–Crippen MR) is 53.4 cm³/mol. The Morgan fingerprint density at radius 1 is 1.23 bits per heavy atom. The molecule has 1 saturated carbocycles. The fraction of sp³-hybridized carbons (Fsp3) is 0.700. The minimum atomic E-state index is -0.123. The Hall–Kier alpha value is -0.990. The van der Waals surface area contributed by atoms with Crippen LogP contribution in [0.15, 0.2) is 12.8 Å². The summed E-state index contributed by atoms with van der Waals surface area (Å²) in [4.78, 5) is 11.1. The summed E-state index contributed by atoms with van der Waals surface area (Å²) in [6.45, 7) is 3.44. The lowest BCUT2D eigenvalue weighted by molar-refractivity contribution is 0.239. The molecule has 0 unspecified atom stereocenters. The minimum Gasteiger partial charge on any atom is -0.335 e. The fourth-order valence-electron chi connectivity index (χ4n) is 1.74. The molecule has 2 amide bonds. The van der Waals surface area contributed by atoms with E-state index in [2.05, 4.69) is 17.2 Å². The molecule has 0 heterocycles. The highest BCUT2D eigenvalue weighted by atomic mass is 16.2. The number of rotatable bonds is 2. The number of amides is 2. The molecule has 1 rings (SSSR count). The first kappa shape index (κ1) is 10.1. The number of urea groups is 1. The third-order valence-electron chi connectivity index (χ3n) is 2.42. The quantitative estimate of drug-likeness (QED) is 0.631. The summed E-state index contributed by atoms with van der Waals surface area (Å²) >= 11 is 0. The van der Waals surface area contributed by atoms with E-state index in [0.717, 1.165) is 12.8 Å². The van der Waals surface area contributed by atoms with Crippen LogP contribution in [0.25, 0.3) is 0 Å². The van der Waals surface area contributed by atoms with Crippen molar-refractivity contribution in [2.45, 2.75) is 44.6 Å². The molecule has 3 heteroatoms. The standard InChI is InChI=1S/C10H18N2O/c1-2-11-10(13)12-9-7-5-3-4-6-8-9/h2,9H,1,3-8H2,(H2,11,12,13). The van der Waals surface area contributed by atoms with Crippen molar-refractivity contribution in [2.24, 2.45) is 0 Å². The summed E-state index contributed by atoms with van der Waals surface area (Å²) < 4.78 is 0. The first-order chi connectivity index (χ1) is 6.33. The fourth-order valence-corrected chi connectivity index (χ4v) is 1.74. The van der Waals surface area contributed by atoms with Crippen LogP contribution in [-0.4, -0.2) is 12.1 Å². The monoisotopic (exact) mass is 182 g/mol. The summed E-state index contributed by atoms with van der Waals surface area (Å²) in [5.74, 6) is 0. The van der Waals surface area contributed by atoms with Crippen LogP contribution in [-0.2, 0) is 0 Å². The van der Waals surface area contributed by atoms with E-state index in [1.54, 1.807) is 0 Å². The van der Waals surface area contributed by atoms with E-state index < -0.39 is 0 Å². The van der Waals surface area contributed by atoms with E-state index in [4.69, 9.17) is 0 Å². The average Bonchev–Trinajstić information content (AvgIpc) is 2.33. The lowest BCUT2D eigenvalue weighted by Crippen LogP contribution is -2.39. The van der Waals surface area contributed by atoms with Crippen LogP contribution in [0.2, 0.25) is 0 Å². The Bertz CT molecular complexity index is 172. The van der Waals surface area contributed by atoms with Crippen molar-refractivity contribution in [3.05, 3.63) is 12.8 Å². The van der Waals surface area contributed by atoms with Gasteiger partial charge in [-0.3, -0.25) is 0 Å². The van der Waals surface area contributed by atoms with E-state index in [0.29, 0.717) is 6.04 Å². The van der Waals surface area contributed by atoms with Gasteiger partial charge < -0.3 is 10.6 Å². The Kier molecular flexibility index (Phi) is 4.36. The van der Waals surface area contributed by atoms with Crippen LogP contribution in [0.3, 0.4) is 0 Å². The second-order valence-electron chi connectivity index (χ2n) is 3.51. The van der Waals surface area contributed by atoms with Gasteiger partial charge in [-0.15, -0.1) is 0 Å². The molecule has 1 fully saturated rings. The summed E-state index contributed by atoms with van der Waals surface area (Å²) in [6.07, 6.45) is 8.72. The molecule has 3 nitrogen and oxygen atoms in total. The molecular formula is C10H18N2O. The molecule has 0 saturated heterocycles. The van der Waals surface area contributed by atoms with Crippen LogP contribution >= 0.6 is 0 Å². The van der Waals surface area contributed by atoms with E-state index in [-0.39, 0.29) is 6.03 Å². The number of carbonyl (C=O) groups excluding carboxylic acids is 1. The number of carbonyl (C=O) groups is 1. The van der Waals surface area contributed by atoms with E-state index in [1.165, 1.54) is 31.9 Å². The molecule has 74 valence electrons. The van der Waals surface area contributed by atoms with Gasteiger partial charge in [0.05, 0.1) is 0 Å². The van der Waals surface area contributed by atoms with Crippen LogP contribution < -0.4 is 10.6 Å². The minimum absolute atomic E-state index is 0.123. The van der Waals surface area contributed by atoms with Crippen molar-refractivity contribution >= 4 is 6.03 Å². The second-order valence-corrected chi connectivity index (χ2v) is 3.51. The molecule has 2 N–H and O–H groups in total. The molecule has 0 aromatic rings. The highest BCUT2D eigenvalue weighted by Crippen LogP contribution is 2.16. The van der Waals surface area contributed by atoms with Crippen LogP contribution in [0.5, 0.6) is 0 Å². The van der Waals surface area contributed by atoms with Crippen molar-refractivity contribution < 1.29 is 4.79 Å². The van der Waals surface area contributed by atoms with E-state index in [1.807, 2.05) is 0 Å². The molecule has 0 atom stereocenters. The zero-order valence-electron chi connectivity index (χ0n) is 8.01. The van der Waals surface area contributed by atoms with Gasteiger partial charge in [-0.25, -0.2) is 4.79 Å². The predicted octanol–water partition coefficient (Wildman–Crippen LogP) is 2.15. The Morgan fingerprint density at radius 3 is 2.38 bits per heavy atom. The maximum absolute atomic E-state index is 11.1. The van der Waals surface area contributed by atoms with Crippen LogP contribution in [0, 0.1) is 0 Å². The van der Waals surface area contributed by atoms with Crippen LogP contribution in [0.4, 0.5) is 4.79 Å². The lowest BCUT2D eigenvalue weighted by atomic mass is 10.1. The number of hydrogen-bond donors (Lipinski definition) is 2. The van der Waals surface area contributed by atoms with Gasteiger partial charge in [0.25, 0.3) is 0 Å². The Morgan fingerprint density at radius 2 is 1.85 bits per heavy atom. The summed E-state index contributed by atoms with van der Waals surface area (Å²) in [5.41, 5.74) is 0. The normalized spacial score (nSPS) is 18.8. The first-order valence-corrected chi connectivity index (χ1v) is 5.01. The van der Waals surface area contributed by atoms with Gasteiger partial charge in [-0.1, -0.05) is 32.3 Å². The zero-order valence-corrected chi connectivity index (χ0v) is 8.01. The molecule has 0 spiro atoms. The summed E-state index contributed by atoms with van der Waals surface area (Å²) in [7, 11) is 0. The SMILES string of the molecule is C=CNC(=O)NC1CCCCCC1. The van der Waals surface area contributed by atoms with Crippen LogP contribution in [0.1, 0.15) is 38.5 Å². The van der Waals surface area contributed by atoms with Gasteiger partial charge in [-0.05, 0) is 19.0 Å². The smallest absolute Gasteiger partial charge is 0.318 e. The van der Waals surface area contributed by atoms with E-state index >= 15 is 0 Å². The molecule has 0 aromatic carbocycles. The molecule has 1 aliphatic rings.